The van der Waals surface area contributed by atoms with E-state index in [9.17, 15) is 0 Å². The second-order valence-electron chi connectivity index (χ2n) is 4.86. The van der Waals surface area contributed by atoms with Crippen molar-refractivity contribution < 1.29 is 9.47 Å². The molecule has 3 rings (SSSR count). The Kier molecular flexibility index (Phi) is 4.53. The Morgan fingerprint density at radius 1 is 1.42 bits per heavy atom. The molecule has 0 amide bonds. The Labute approximate surface area is 123 Å². The molecule has 0 radical (unpaired) electrons. The summed E-state index contributed by atoms with van der Waals surface area (Å²) >= 11 is 8.26. The highest BCUT2D eigenvalue weighted by atomic mass is 35.5. The van der Waals surface area contributed by atoms with Crippen molar-refractivity contribution in [3.8, 4) is 5.75 Å². The van der Waals surface area contributed by atoms with Crippen LogP contribution in [0.3, 0.4) is 0 Å². The van der Waals surface area contributed by atoms with Crippen LogP contribution >= 0.6 is 23.4 Å². The van der Waals surface area contributed by atoms with Gasteiger partial charge in [-0.15, -0.1) is 0 Å². The Balaban J connectivity index is 1.69. The number of nitrogens with one attached hydrogen (secondary N) is 1. The third kappa shape index (κ3) is 3.37. The molecule has 0 aromatic heterocycles. The first-order valence-electron chi connectivity index (χ1n) is 6.69. The minimum Gasteiger partial charge on any atom is -0.488 e. The molecule has 1 N–H and O–H groups in total. The number of thioether (sulfide) groups is 1. The highest BCUT2D eigenvalue weighted by Crippen LogP contribution is 2.32. The van der Waals surface area contributed by atoms with E-state index in [-0.39, 0.29) is 6.10 Å². The van der Waals surface area contributed by atoms with E-state index in [1.807, 2.05) is 23.9 Å². The molecular weight excluding hydrogens is 282 g/mol. The first kappa shape index (κ1) is 13.6. The summed E-state index contributed by atoms with van der Waals surface area (Å²) in [6.45, 7) is 2.51. The summed E-state index contributed by atoms with van der Waals surface area (Å²) in [7, 11) is 0. The first-order chi connectivity index (χ1) is 9.33. The lowest BCUT2D eigenvalue weighted by Crippen LogP contribution is -2.33. The number of hydrogen-bond acceptors (Lipinski definition) is 4. The molecule has 2 saturated heterocycles. The molecule has 104 valence electrons. The molecular formula is C14H18ClNO2S. The molecule has 2 fully saturated rings. The molecule has 0 aliphatic carbocycles. The molecule has 2 aliphatic rings. The van der Waals surface area contributed by atoms with Gasteiger partial charge in [0.05, 0.1) is 17.7 Å². The van der Waals surface area contributed by atoms with Crippen molar-refractivity contribution in [1.82, 2.24) is 5.32 Å². The summed E-state index contributed by atoms with van der Waals surface area (Å²) in [6, 6.07) is 6.00. The lowest BCUT2D eigenvalue weighted by Gasteiger charge is -2.24. The van der Waals surface area contributed by atoms with Crippen molar-refractivity contribution in [3.63, 3.8) is 0 Å². The van der Waals surface area contributed by atoms with Crippen LogP contribution in [-0.4, -0.2) is 37.3 Å². The van der Waals surface area contributed by atoms with Gasteiger partial charge in [0, 0.05) is 18.8 Å². The summed E-state index contributed by atoms with van der Waals surface area (Å²) in [5.41, 5.74) is 1.12. The standard InChI is InChI=1S/C14H18ClNO2S/c15-12-7-10(14-8-16-4-5-17-14)1-2-13(12)18-11-3-6-19-9-11/h1-2,7,11,14,16H,3-6,8-9H2. The maximum absolute atomic E-state index is 6.32. The van der Waals surface area contributed by atoms with Gasteiger partial charge in [0.15, 0.2) is 0 Å². The van der Waals surface area contributed by atoms with E-state index in [4.69, 9.17) is 21.1 Å². The van der Waals surface area contributed by atoms with Crippen LogP contribution in [-0.2, 0) is 4.74 Å². The van der Waals surface area contributed by atoms with Gasteiger partial charge in [-0.1, -0.05) is 17.7 Å². The third-order valence-electron chi connectivity index (χ3n) is 3.44. The summed E-state index contributed by atoms with van der Waals surface area (Å²) < 4.78 is 11.7. The zero-order valence-electron chi connectivity index (χ0n) is 10.7. The van der Waals surface area contributed by atoms with Crippen molar-refractivity contribution >= 4 is 23.4 Å². The third-order valence-corrected chi connectivity index (χ3v) is 4.86. The van der Waals surface area contributed by atoms with E-state index >= 15 is 0 Å². The highest BCUT2D eigenvalue weighted by molar-refractivity contribution is 7.99. The second kappa shape index (κ2) is 6.35. The first-order valence-corrected chi connectivity index (χ1v) is 8.22. The van der Waals surface area contributed by atoms with Gasteiger partial charge < -0.3 is 14.8 Å². The normalized spacial score (nSPS) is 27.4. The minimum atomic E-state index is 0.0994. The number of benzene rings is 1. The number of rotatable bonds is 3. The van der Waals surface area contributed by atoms with E-state index in [1.165, 1.54) is 5.75 Å². The van der Waals surface area contributed by atoms with Gasteiger partial charge in [-0.2, -0.15) is 11.8 Å². The largest absolute Gasteiger partial charge is 0.488 e. The van der Waals surface area contributed by atoms with Crippen LogP contribution in [0.4, 0.5) is 0 Å². The van der Waals surface area contributed by atoms with Gasteiger partial charge >= 0.3 is 0 Å². The number of morpholine rings is 1. The zero-order valence-corrected chi connectivity index (χ0v) is 12.3. The minimum absolute atomic E-state index is 0.0994. The predicted molar refractivity (Wildman–Crippen MR) is 79.4 cm³/mol. The van der Waals surface area contributed by atoms with Crippen molar-refractivity contribution in [2.75, 3.05) is 31.2 Å². The van der Waals surface area contributed by atoms with Crippen molar-refractivity contribution in [2.45, 2.75) is 18.6 Å². The number of halogens is 1. The van der Waals surface area contributed by atoms with E-state index in [0.717, 1.165) is 43.2 Å². The molecule has 0 bridgehead atoms. The predicted octanol–water partition coefficient (Wildman–Crippen LogP) is 2.89. The fraction of sp³-hybridized carbons (Fsp3) is 0.571. The average molecular weight is 300 g/mol. The van der Waals surface area contributed by atoms with Crippen LogP contribution in [0.1, 0.15) is 18.1 Å². The smallest absolute Gasteiger partial charge is 0.138 e. The molecule has 1 aromatic rings. The Morgan fingerprint density at radius 3 is 3.05 bits per heavy atom. The van der Waals surface area contributed by atoms with E-state index in [1.54, 1.807) is 0 Å². The van der Waals surface area contributed by atoms with E-state index < -0.39 is 0 Å². The van der Waals surface area contributed by atoms with Crippen molar-refractivity contribution in [2.24, 2.45) is 0 Å². The fourth-order valence-corrected chi connectivity index (χ4v) is 3.71. The molecule has 2 aliphatic heterocycles. The summed E-state index contributed by atoms with van der Waals surface area (Å²) in [6.07, 6.45) is 1.52. The van der Waals surface area contributed by atoms with Gasteiger partial charge in [0.2, 0.25) is 0 Å². The highest BCUT2D eigenvalue weighted by Gasteiger charge is 2.20. The Bertz CT molecular complexity index is 431. The summed E-state index contributed by atoms with van der Waals surface area (Å²) in [5, 5.41) is 4.01. The summed E-state index contributed by atoms with van der Waals surface area (Å²) in [5.74, 6) is 3.04. The van der Waals surface area contributed by atoms with Crippen LogP contribution in [0.25, 0.3) is 0 Å². The topological polar surface area (TPSA) is 30.5 Å². The van der Waals surface area contributed by atoms with Crippen molar-refractivity contribution in [3.05, 3.63) is 28.8 Å². The lowest BCUT2D eigenvalue weighted by atomic mass is 10.1. The SMILES string of the molecule is Clc1cc(C2CNCCO2)ccc1OC1CCSC1. The molecule has 2 unspecified atom stereocenters. The summed E-state index contributed by atoms with van der Waals surface area (Å²) in [4.78, 5) is 0. The molecule has 0 spiro atoms. The zero-order chi connectivity index (χ0) is 13.1. The van der Waals surface area contributed by atoms with Gasteiger partial charge in [-0.05, 0) is 29.9 Å². The molecule has 1 aromatic carbocycles. The lowest BCUT2D eigenvalue weighted by molar-refractivity contribution is 0.0276. The molecule has 2 atom stereocenters. The van der Waals surface area contributed by atoms with Crippen LogP contribution in [0.5, 0.6) is 5.75 Å². The molecule has 3 nitrogen and oxygen atoms in total. The van der Waals surface area contributed by atoms with Gasteiger partial charge in [0.1, 0.15) is 11.9 Å². The van der Waals surface area contributed by atoms with E-state index in [2.05, 4.69) is 11.4 Å². The van der Waals surface area contributed by atoms with Crippen LogP contribution < -0.4 is 10.1 Å². The second-order valence-corrected chi connectivity index (χ2v) is 6.41. The maximum Gasteiger partial charge on any atom is 0.138 e. The van der Waals surface area contributed by atoms with Gasteiger partial charge in [0.25, 0.3) is 0 Å². The van der Waals surface area contributed by atoms with Gasteiger partial charge in [-0.3, -0.25) is 0 Å². The van der Waals surface area contributed by atoms with Crippen molar-refractivity contribution in [1.29, 1.82) is 0 Å². The van der Waals surface area contributed by atoms with Crippen LogP contribution in [0, 0.1) is 0 Å². The average Bonchev–Trinajstić information content (AvgIpc) is 2.95. The maximum atomic E-state index is 6.32. The number of hydrogen-bond donors (Lipinski definition) is 1. The van der Waals surface area contributed by atoms with Crippen LogP contribution in [0.2, 0.25) is 5.02 Å². The Morgan fingerprint density at radius 2 is 2.37 bits per heavy atom. The molecule has 0 saturated carbocycles. The fourth-order valence-electron chi connectivity index (χ4n) is 2.38. The van der Waals surface area contributed by atoms with Crippen LogP contribution in [0.15, 0.2) is 18.2 Å². The monoisotopic (exact) mass is 299 g/mol. The van der Waals surface area contributed by atoms with E-state index in [0.29, 0.717) is 11.1 Å². The molecule has 5 heteroatoms. The van der Waals surface area contributed by atoms with Gasteiger partial charge in [-0.25, -0.2) is 0 Å². The number of ether oxygens (including phenoxy) is 2. The quantitative estimate of drug-likeness (QED) is 0.930. The molecule has 19 heavy (non-hydrogen) atoms. The molecule has 2 heterocycles. The Hall–Kier alpha value is -0.420.